The molecule has 8 nitrogen and oxygen atoms in total. The topological polar surface area (TPSA) is 102 Å². The summed E-state index contributed by atoms with van der Waals surface area (Å²) >= 11 is 0. The highest BCUT2D eigenvalue weighted by molar-refractivity contribution is 5.73. The van der Waals surface area contributed by atoms with Gasteiger partial charge < -0.3 is 10.1 Å². The summed E-state index contributed by atoms with van der Waals surface area (Å²) in [5.74, 6) is 0.361. The predicted octanol–water partition coefficient (Wildman–Crippen LogP) is 0.976. The van der Waals surface area contributed by atoms with E-state index in [0.29, 0.717) is 19.1 Å². The molecule has 3 aromatic rings. The van der Waals surface area contributed by atoms with Crippen LogP contribution in [0.15, 0.2) is 46.1 Å². The first kappa shape index (κ1) is 16.8. The van der Waals surface area contributed by atoms with Gasteiger partial charge in [-0.1, -0.05) is 30.3 Å². The first-order chi connectivity index (χ1) is 12.2. The number of hydrogen-bond acceptors (Lipinski definition) is 6. The Bertz CT molecular complexity index is 965. The maximum Gasteiger partial charge on any atom is 0.330 e. The van der Waals surface area contributed by atoms with Crippen molar-refractivity contribution in [3.05, 3.63) is 62.9 Å². The molecule has 0 aliphatic heterocycles. The van der Waals surface area contributed by atoms with Crippen LogP contribution in [0.5, 0.6) is 0 Å². The molecule has 25 heavy (non-hydrogen) atoms. The normalized spacial score (nSPS) is 10.9. The molecule has 0 radical (unpaired) electrons. The Morgan fingerprint density at radius 1 is 1.24 bits per heavy atom. The fourth-order valence-electron chi connectivity index (χ4n) is 2.45. The van der Waals surface area contributed by atoms with E-state index in [-0.39, 0.29) is 17.6 Å². The van der Waals surface area contributed by atoms with Crippen LogP contribution in [0, 0.1) is 0 Å². The van der Waals surface area contributed by atoms with Gasteiger partial charge in [0.05, 0.1) is 6.54 Å². The number of methoxy groups -OCH3 is 1. The zero-order valence-electron chi connectivity index (χ0n) is 13.9. The standard InChI is InChI=1S/C17H19N5O3/c1-25-9-5-8-18-16-19-10-13-14(20-16)21-17(24)22(15(13)23)11-12-6-3-2-4-7-12/h2-4,6-7,10H,5,8-9,11H2,1H3,(H2,18,19,20,21,24). The average molecular weight is 341 g/mol. The van der Waals surface area contributed by atoms with Crippen LogP contribution in [0.25, 0.3) is 11.0 Å². The van der Waals surface area contributed by atoms with Gasteiger partial charge in [-0.3, -0.25) is 14.3 Å². The number of nitrogens with zero attached hydrogens (tertiary/aromatic N) is 3. The molecule has 0 saturated carbocycles. The van der Waals surface area contributed by atoms with Crippen LogP contribution in [-0.2, 0) is 11.3 Å². The molecular weight excluding hydrogens is 322 g/mol. The van der Waals surface area contributed by atoms with Crippen molar-refractivity contribution >= 4 is 17.0 Å². The van der Waals surface area contributed by atoms with Crippen LogP contribution in [-0.4, -0.2) is 39.8 Å². The zero-order chi connectivity index (χ0) is 17.6. The number of benzene rings is 1. The van der Waals surface area contributed by atoms with Crippen molar-refractivity contribution in [2.45, 2.75) is 13.0 Å². The van der Waals surface area contributed by atoms with Crippen molar-refractivity contribution in [3.8, 4) is 0 Å². The summed E-state index contributed by atoms with van der Waals surface area (Å²) in [7, 11) is 1.64. The monoisotopic (exact) mass is 341 g/mol. The lowest BCUT2D eigenvalue weighted by atomic mass is 10.2. The lowest BCUT2D eigenvalue weighted by Gasteiger charge is -2.08. The lowest BCUT2D eigenvalue weighted by Crippen LogP contribution is -2.35. The third-order valence-electron chi connectivity index (χ3n) is 3.73. The molecule has 2 heterocycles. The minimum absolute atomic E-state index is 0.196. The highest BCUT2D eigenvalue weighted by Crippen LogP contribution is 2.05. The molecular formula is C17H19N5O3. The molecule has 1 aromatic carbocycles. The Morgan fingerprint density at radius 3 is 2.80 bits per heavy atom. The lowest BCUT2D eigenvalue weighted by molar-refractivity contribution is 0.197. The number of hydrogen-bond donors (Lipinski definition) is 2. The van der Waals surface area contributed by atoms with E-state index in [1.807, 2.05) is 30.3 Å². The van der Waals surface area contributed by atoms with Crippen LogP contribution in [0.4, 0.5) is 5.95 Å². The van der Waals surface area contributed by atoms with Crippen molar-refractivity contribution in [3.63, 3.8) is 0 Å². The molecule has 0 atom stereocenters. The molecule has 0 amide bonds. The molecule has 8 heteroatoms. The SMILES string of the molecule is COCCCNc1ncc2c(=O)n(Cc3ccccc3)c(=O)[nH]c2n1. The van der Waals surface area contributed by atoms with Crippen LogP contribution in [0.2, 0.25) is 0 Å². The largest absolute Gasteiger partial charge is 0.385 e. The van der Waals surface area contributed by atoms with E-state index in [2.05, 4.69) is 20.3 Å². The van der Waals surface area contributed by atoms with Crippen molar-refractivity contribution < 1.29 is 4.74 Å². The average Bonchev–Trinajstić information content (AvgIpc) is 2.63. The first-order valence-corrected chi connectivity index (χ1v) is 7.95. The van der Waals surface area contributed by atoms with Gasteiger partial charge in [-0.25, -0.2) is 9.78 Å². The van der Waals surface area contributed by atoms with Crippen molar-refractivity contribution in [2.75, 3.05) is 25.6 Å². The minimum atomic E-state index is -0.495. The number of H-pyrrole nitrogens is 1. The van der Waals surface area contributed by atoms with E-state index in [1.54, 1.807) is 7.11 Å². The van der Waals surface area contributed by atoms with Crippen molar-refractivity contribution in [1.29, 1.82) is 0 Å². The second-order valence-electron chi connectivity index (χ2n) is 5.54. The Kier molecular flexibility index (Phi) is 5.20. The third kappa shape index (κ3) is 3.92. The second kappa shape index (κ2) is 7.71. The fourth-order valence-corrected chi connectivity index (χ4v) is 2.45. The maximum atomic E-state index is 12.6. The van der Waals surface area contributed by atoms with Crippen LogP contribution >= 0.6 is 0 Å². The molecule has 2 aromatic heterocycles. The van der Waals surface area contributed by atoms with E-state index >= 15 is 0 Å². The molecule has 130 valence electrons. The van der Waals surface area contributed by atoms with Gasteiger partial charge in [0.15, 0.2) is 5.65 Å². The van der Waals surface area contributed by atoms with Gasteiger partial charge >= 0.3 is 5.69 Å². The van der Waals surface area contributed by atoms with Gasteiger partial charge in [0, 0.05) is 26.5 Å². The Balaban J connectivity index is 1.89. The first-order valence-electron chi connectivity index (χ1n) is 7.95. The van der Waals surface area contributed by atoms with Gasteiger partial charge in [-0.2, -0.15) is 4.98 Å². The van der Waals surface area contributed by atoms with Gasteiger partial charge in [-0.15, -0.1) is 0 Å². The molecule has 0 aliphatic rings. The van der Waals surface area contributed by atoms with Gasteiger partial charge in [0.2, 0.25) is 5.95 Å². The van der Waals surface area contributed by atoms with E-state index in [4.69, 9.17) is 4.74 Å². The number of aromatic amines is 1. The molecule has 0 spiro atoms. The Hall–Kier alpha value is -3.00. The van der Waals surface area contributed by atoms with Crippen molar-refractivity contribution in [2.24, 2.45) is 0 Å². The van der Waals surface area contributed by atoms with E-state index in [9.17, 15) is 9.59 Å². The van der Waals surface area contributed by atoms with E-state index in [0.717, 1.165) is 16.6 Å². The molecule has 3 rings (SSSR count). The fraction of sp³-hybridized carbons (Fsp3) is 0.294. The van der Waals surface area contributed by atoms with E-state index in [1.165, 1.54) is 6.20 Å². The molecule has 0 saturated heterocycles. The number of ether oxygens (including phenoxy) is 1. The predicted molar refractivity (Wildman–Crippen MR) is 94.9 cm³/mol. The molecule has 2 N–H and O–H groups in total. The Labute approximate surface area is 143 Å². The van der Waals surface area contributed by atoms with Crippen molar-refractivity contribution in [1.82, 2.24) is 19.5 Å². The van der Waals surface area contributed by atoms with Gasteiger partial charge in [0.25, 0.3) is 5.56 Å². The summed E-state index contributed by atoms with van der Waals surface area (Å²) in [6, 6.07) is 9.33. The summed E-state index contributed by atoms with van der Waals surface area (Å²) in [5.41, 5.74) is 0.189. The number of aromatic nitrogens is 4. The molecule has 0 bridgehead atoms. The quantitative estimate of drug-likeness (QED) is 0.621. The highest BCUT2D eigenvalue weighted by atomic mass is 16.5. The number of fused-ring (bicyclic) bond motifs is 1. The second-order valence-corrected chi connectivity index (χ2v) is 5.54. The van der Waals surface area contributed by atoms with Crippen LogP contribution in [0.1, 0.15) is 12.0 Å². The van der Waals surface area contributed by atoms with Gasteiger partial charge in [0.1, 0.15) is 5.39 Å². The summed E-state index contributed by atoms with van der Waals surface area (Å²) < 4.78 is 6.12. The Morgan fingerprint density at radius 2 is 2.04 bits per heavy atom. The number of anilines is 1. The zero-order valence-corrected chi connectivity index (χ0v) is 13.9. The maximum absolute atomic E-state index is 12.6. The summed E-state index contributed by atoms with van der Waals surface area (Å²) in [6.45, 7) is 1.46. The minimum Gasteiger partial charge on any atom is -0.385 e. The summed E-state index contributed by atoms with van der Waals surface area (Å²) in [4.78, 5) is 35.9. The summed E-state index contributed by atoms with van der Waals surface area (Å²) in [5, 5.41) is 3.31. The van der Waals surface area contributed by atoms with Crippen LogP contribution < -0.4 is 16.6 Å². The molecule has 0 aliphatic carbocycles. The third-order valence-corrected chi connectivity index (χ3v) is 3.73. The van der Waals surface area contributed by atoms with Crippen LogP contribution in [0.3, 0.4) is 0 Å². The van der Waals surface area contributed by atoms with E-state index < -0.39 is 11.2 Å². The molecule has 0 fully saturated rings. The smallest absolute Gasteiger partial charge is 0.330 e. The van der Waals surface area contributed by atoms with Gasteiger partial charge in [-0.05, 0) is 12.0 Å². The summed E-state index contributed by atoms with van der Waals surface area (Å²) in [6.07, 6.45) is 2.23. The molecule has 0 unspecified atom stereocenters. The number of nitrogens with one attached hydrogen (secondary N) is 2. The number of rotatable bonds is 7. The highest BCUT2D eigenvalue weighted by Gasteiger charge is 2.10.